The van der Waals surface area contributed by atoms with E-state index in [1.54, 1.807) is 0 Å². The van der Waals surface area contributed by atoms with Crippen molar-refractivity contribution < 1.29 is 21.7 Å². The zero-order chi connectivity index (χ0) is 15.6. The summed E-state index contributed by atoms with van der Waals surface area (Å²) in [5, 5.41) is 0. The maximum atomic E-state index is 4.82. The van der Waals surface area contributed by atoms with Gasteiger partial charge >= 0.3 is 21.7 Å². The van der Waals surface area contributed by atoms with Gasteiger partial charge in [0.2, 0.25) is 0 Å². The molecule has 0 amide bonds. The van der Waals surface area contributed by atoms with Crippen LogP contribution < -0.4 is 0 Å². The quantitative estimate of drug-likeness (QED) is 0.359. The van der Waals surface area contributed by atoms with Crippen LogP contribution in [-0.2, 0) is 21.7 Å². The zero-order valence-corrected chi connectivity index (χ0v) is 21.4. The summed E-state index contributed by atoms with van der Waals surface area (Å²) in [6, 6.07) is 0. The van der Waals surface area contributed by atoms with Crippen LogP contribution in [0.5, 0.6) is 0 Å². The molecule has 0 bridgehead atoms. The fraction of sp³-hybridized carbons (Fsp3) is 0.889. The Kier molecular flexibility index (Phi) is 16.3. The largest absolute Gasteiger partial charge is 4.00 e. The monoisotopic (exact) mass is 378 g/mol. The minimum atomic E-state index is -1.11. The topological polar surface area (TPSA) is 14.1 Å². The Hall–Kier alpha value is 1.11. The second kappa shape index (κ2) is 11.6. The fourth-order valence-corrected chi connectivity index (χ4v) is 11.5. The Morgan fingerprint density at radius 1 is 0.500 bits per heavy atom. The van der Waals surface area contributed by atoms with E-state index in [1.165, 1.54) is 0 Å². The van der Waals surface area contributed by atoms with Crippen molar-refractivity contribution in [3.8, 4) is 0 Å². The molecular formula is C18H44NSi2Ti+. The van der Waals surface area contributed by atoms with Gasteiger partial charge in [0.15, 0.2) is 0 Å². The average Bonchev–Trinajstić information content (AvgIpc) is 2.32. The number of hydrogen-bond acceptors (Lipinski definition) is 0. The van der Waals surface area contributed by atoms with Crippen molar-refractivity contribution in [2.45, 2.75) is 73.9 Å². The van der Waals surface area contributed by atoms with Gasteiger partial charge in [-0.2, -0.15) is 0 Å². The molecule has 1 aliphatic rings. The average molecular weight is 379 g/mol. The van der Waals surface area contributed by atoms with Crippen molar-refractivity contribution in [3.05, 3.63) is 19.5 Å². The number of nitrogens with zero attached hydrogens (tertiary/aromatic N) is 1. The van der Waals surface area contributed by atoms with Crippen LogP contribution in [-0.4, -0.2) is 16.5 Å². The van der Waals surface area contributed by atoms with Crippen molar-refractivity contribution in [3.63, 3.8) is 0 Å². The van der Waals surface area contributed by atoms with Crippen LogP contribution in [0, 0.1) is 44.4 Å². The van der Waals surface area contributed by atoms with Gasteiger partial charge in [-0.1, -0.05) is 90.4 Å². The molecule has 22 heavy (non-hydrogen) atoms. The second-order valence-electron chi connectivity index (χ2n) is 8.75. The SMILES string of the molecule is CC1C(C)C(C)C(C)C1C.C[Si](C)(C)[N-][Si](C)(C)C.[CH3-].[CH3-].[Ti+4]. The third kappa shape index (κ3) is 11.6. The Morgan fingerprint density at radius 2 is 0.636 bits per heavy atom. The molecule has 132 valence electrons. The van der Waals surface area contributed by atoms with Crippen molar-refractivity contribution in [1.29, 1.82) is 0 Å². The van der Waals surface area contributed by atoms with Gasteiger partial charge < -0.3 is 19.5 Å². The second-order valence-corrected chi connectivity index (χ2v) is 18.3. The van der Waals surface area contributed by atoms with Gasteiger partial charge in [0.1, 0.15) is 0 Å². The Labute approximate surface area is 160 Å². The smallest absolute Gasteiger partial charge is 0.668 e. The molecule has 0 aromatic carbocycles. The molecule has 1 fully saturated rings. The summed E-state index contributed by atoms with van der Waals surface area (Å²) in [5.41, 5.74) is 0. The van der Waals surface area contributed by atoms with Crippen molar-refractivity contribution in [2.24, 2.45) is 29.6 Å². The predicted molar refractivity (Wildman–Crippen MR) is 109 cm³/mol. The first-order valence-corrected chi connectivity index (χ1v) is 14.9. The number of hydrogen-bond donors (Lipinski definition) is 0. The molecule has 0 saturated heterocycles. The van der Waals surface area contributed by atoms with Gasteiger partial charge in [-0.25, -0.2) is 0 Å². The summed E-state index contributed by atoms with van der Waals surface area (Å²) in [5.74, 6) is 4.68. The molecule has 0 atom stereocenters. The van der Waals surface area contributed by atoms with Crippen LogP contribution >= 0.6 is 0 Å². The Balaban J connectivity index is -0.000000130. The van der Waals surface area contributed by atoms with Crippen LogP contribution in [0.2, 0.25) is 39.3 Å². The minimum Gasteiger partial charge on any atom is -0.668 e. The van der Waals surface area contributed by atoms with E-state index in [-0.39, 0.29) is 36.6 Å². The van der Waals surface area contributed by atoms with Crippen LogP contribution in [0.3, 0.4) is 0 Å². The van der Waals surface area contributed by atoms with E-state index in [0.29, 0.717) is 0 Å². The molecule has 0 N–H and O–H groups in total. The Morgan fingerprint density at radius 3 is 0.682 bits per heavy atom. The van der Waals surface area contributed by atoms with Crippen molar-refractivity contribution in [1.82, 2.24) is 0 Å². The van der Waals surface area contributed by atoms with Gasteiger partial charge in [-0.15, -0.1) is 0 Å². The molecule has 0 spiro atoms. The summed E-state index contributed by atoms with van der Waals surface area (Å²) in [6.07, 6.45) is 0. The summed E-state index contributed by atoms with van der Waals surface area (Å²) in [4.78, 5) is 0. The summed E-state index contributed by atoms with van der Waals surface area (Å²) >= 11 is 0. The standard InChI is InChI=1S/C10H20.C6H18NSi2.2CH3.Ti/c1-6-7(2)9(4)10(5)8(6)3;1-8(2,3)7-9(4,5)6;;;/h6-10H,1-5H3;1-6H3;2*1H3;/q;3*-1;+4. The first-order valence-electron chi connectivity index (χ1n) is 8.00. The molecule has 0 unspecified atom stereocenters. The minimum absolute atomic E-state index is 0. The molecule has 1 aliphatic carbocycles. The van der Waals surface area contributed by atoms with Gasteiger partial charge in [-0.05, 0) is 29.6 Å². The van der Waals surface area contributed by atoms with E-state index in [0.717, 1.165) is 29.6 Å². The molecular weight excluding hydrogens is 334 g/mol. The van der Waals surface area contributed by atoms with Gasteiger partial charge in [0.25, 0.3) is 0 Å². The van der Waals surface area contributed by atoms with E-state index < -0.39 is 16.5 Å². The molecule has 0 aromatic rings. The molecule has 0 aromatic heterocycles. The van der Waals surface area contributed by atoms with Gasteiger partial charge in [-0.3, -0.25) is 0 Å². The maximum absolute atomic E-state index is 4.82. The molecule has 1 nitrogen and oxygen atoms in total. The molecule has 0 aliphatic heterocycles. The van der Waals surface area contributed by atoms with Crippen molar-refractivity contribution in [2.75, 3.05) is 0 Å². The summed E-state index contributed by atoms with van der Waals surface area (Å²) < 4.78 is 4.82. The van der Waals surface area contributed by atoms with Crippen LogP contribution in [0.1, 0.15) is 34.6 Å². The fourth-order valence-electron chi connectivity index (χ4n) is 3.40. The van der Waals surface area contributed by atoms with E-state index in [1.807, 2.05) is 0 Å². The van der Waals surface area contributed by atoms with Crippen LogP contribution in [0.25, 0.3) is 4.65 Å². The van der Waals surface area contributed by atoms with Gasteiger partial charge in [0, 0.05) is 0 Å². The van der Waals surface area contributed by atoms with Crippen LogP contribution in [0.4, 0.5) is 0 Å². The van der Waals surface area contributed by atoms with E-state index in [9.17, 15) is 0 Å². The first-order chi connectivity index (χ1) is 8.26. The van der Waals surface area contributed by atoms with Gasteiger partial charge in [0.05, 0.1) is 0 Å². The molecule has 1 rings (SSSR count). The number of rotatable bonds is 2. The Bertz CT molecular complexity index is 214. The predicted octanol–water partition coefficient (Wildman–Crippen LogP) is 7.11. The third-order valence-corrected chi connectivity index (χ3v) is 10.2. The first kappa shape index (κ1) is 30.9. The molecule has 0 radical (unpaired) electrons. The van der Waals surface area contributed by atoms with E-state index in [4.69, 9.17) is 4.65 Å². The molecule has 4 heteroatoms. The normalized spacial score (nSPS) is 31.0. The summed E-state index contributed by atoms with van der Waals surface area (Å²) in [7, 11) is -2.21. The van der Waals surface area contributed by atoms with Crippen molar-refractivity contribution >= 4 is 16.5 Å². The van der Waals surface area contributed by atoms with E-state index >= 15 is 0 Å². The third-order valence-electron chi connectivity index (χ3n) is 4.82. The molecule has 1 saturated carbocycles. The summed E-state index contributed by atoms with van der Waals surface area (Å²) in [6.45, 7) is 25.8. The van der Waals surface area contributed by atoms with Crippen LogP contribution in [0.15, 0.2) is 0 Å². The van der Waals surface area contributed by atoms with E-state index in [2.05, 4.69) is 73.9 Å². The zero-order valence-electron chi connectivity index (χ0n) is 17.8. The maximum Gasteiger partial charge on any atom is 4.00 e. The molecule has 0 heterocycles.